The van der Waals surface area contributed by atoms with Crippen LogP contribution in [0.15, 0.2) is 96.6 Å². The molecule has 10 heteroatoms. The number of rotatable bonds is 13. The number of nitrogens with two attached hydrogens (primary N) is 1. The molecule has 3 aromatic carbocycles. The van der Waals surface area contributed by atoms with Crippen LogP contribution >= 0.6 is 24.2 Å². The van der Waals surface area contributed by atoms with Crippen molar-refractivity contribution in [3.05, 3.63) is 118 Å². The number of halogens is 1. The summed E-state index contributed by atoms with van der Waals surface area (Å²) in [6.07, 6.45) is 16.8. The van der Waals surface area contributed by atoms with Crippen molar-refractivity contribution in [3.63, 3.8) is 0 Å². The van der Waals surface area contributed by atoms with Gasteiger partial charge in [0, 0.05) is 66.6 Å². The first-order valence-electron chi connectivity index (χ1n) is 22.6. The van der Waals surface area contributed by atoms with Gasteiger partial charge in [0.25, 0.3) is 5.91 Å². The van der Waals surface area contributed by atoms with Crippen molar-refractivity contribution < 1.29 is 19.8 Å². The molecule has 63 heavy (non-hydrogen) atoms. The van der Waals surface area contributed by atoms with Gasteiger partial charge in [-0.15, -0.1) is 0 Å². The number of hydrogen-bond donors (Lipinski definition) is 6. The van der Waals surface area contributed by atoms with E-state index in [1.165, 1.54) is 30.2 Å². The quantitative estimate of drug-likeness (QED) is 0.0436. The summed E-state index contributed by atoms with van der Waals surface area (Å²) in [6.45, 7) is 26.3. The third kappa shape index (κ3) is 37.1. The molecular weight excluding hydrogens is 824 g/mol. The topological polar surface area (TPSA) is 128 Å². The number of phenols is 1. The fourth-order valence-corrected chi connectivity index (χ4v) is 5.33. The van der Waals surface area contributed by atoms with Gasteiger partial charge < -0.3 is 36.3 Å². The number of phenolic OH excluding ortho intramolecular Hbond substituents is 1. The lowest BCUT2D eigenvalue weighted by Crippen LogP contribution is -2.26. The summed E-state index contributed by atoms with van der Waals surface area (Å²) in [4.78, 5) is 23.4. The van der Waals surface area contributed by atoms with Crippen molar-refractivity contribution in [2.45, 2.75) is 132 Å². The highest BCUT2D eigenvalue weighted by Crippen LogP contribution is 2.27. The van der Waals surface area contributed by atoms with Gasteiger partial charge in [-0.25, -0.2) is 0 Å². The Bertz CT molecular complexity index is 1660. The molecule has 4 rings (SSSR count). The Morgan fingerprint density at radius 1 is 0.952 bits per heavy atom. The predicted octanol–water partition coefficient (Wildman–Crippen LogP) is 13.3. The number of allylic oxidation sites excluding steroid dienone is 3. The maximum absolute atomic E-state index is 12.3. The first-order valence-corrected chi connectivity index (χ1v) is 23.4. The molecule has 0 bridgehead atoms. The average molecular weight is 912 g/mol. The number of nitrogens with zero attached hydrogens (tertiary/aromatic N) is 1. The van der Waals surface area contributed by atoms with E-state index in [2.05, 4.69) is 115 Å². The molecule has 1 unspecified atom stereocenters. The summed E-state index contributed by atoms with van der Waals surface area (Å²) < 4.78 is 0.194. The second-order valence-corrected chi connectivity index (χ2v) is 18.2. The van der Waals surface area contributed by atoms with Crippen LogP contribution in [0.3, 0.4) is 0 Å². The number of benzene rings is 3. The van der Waals surface area contributed by atoms with Gasteiger partial charge in [0.15, 0.2) is 0 Å². The molecule has 1 atom stereocenters. The number of hydrogen-bond acceptors (Lipinski definition) is 8. The molecule has 356 valence electrons. The minimum absolute atomic E-state index is 0.0135. The number of aldehydes is 1. The first kappa shape index (κ1) is 63.3. The van der Waals surface area contributed by atoms with Crippen LogP contribution in [0.4, 0.5) is 11.4 Å². The van der Waals surface area contributed by atoms with Crippen LogP contribution in [0.25, 0.3) is 6.08 Å². The summed E-state index contributed by atoms with van der Waals surface area (Å²) in [5, 5.41) is 24.0. The van der Waals surface area contributed by atoms with Gasteiger partial charge >= 0.3 is 0 Å². The number of fused-ring (bicyclic) bond motifs is 1. The standard InChI is InChI=1S/C23H32N2O.C10H15NO.C7H8ClN.C5H12O.C4H10S.C2H4O.C2H6/c1-5-8-20(23(26)24-15-14-18(2)3)10-6-9-19-12-13-22-21(17-19)11-7-16-25(22)4;1-2-3-10(11)8-4-6-9(12)7-5-8;1-9-7-4-2-6(8)3-5-7;1-5(2)3-4-6;1-4(2,3)5;1-2-3;1-2/h5-6,8-10,12-13,17-18H,7,11,14-16H2,1-4H3,(H,24,26);4-7,10,12H,2-3,11H2,1H3;2-5,9H,1H3;5-6H,3-4H2,1-2H3;5H,1-3H3;2H,1H3;1-2H3/b8-5-,9-6+,20-10+;;;;;;. The highest BCUT2D eigenvalue weighted by Gasteiger charge is 2.13. The zero-order valence-electron chi connectivity index (χ0n) is 41.5. The Morgan fingerprint density at radius 3 is 1.97 bits per heavy atom. The van der Waals surface area contributed by atoms with E-state index in [9.17, 15) is 4.79 Å². The number of aryl methyl sites for hydroxylation is 1. The van der Waals surface area contributed by atoms with Gasteiger partial charge in [0.2, 0.25) is 0 Å². The van der Waals surface area contributed by atoms with E-state index in [4.69, 9.17) is 32.3 Å². The number of aliphatic hydroxyl groups is 1. The minimum atomic E-state index is -0.0135. The Hall–Kier alpha value is -4.02. The molecule has 0 aliphatic carbocycles. The lowest BCUT2D eigenvalue weighted by molar-refractivity contribution is -0.117. The van der Waals surface area contributed by atoms with Crippen LogP contribution in [0.1, 0.15) is 138 Å². The number of carbonyl (C=O) groups excluding carboxylic acids is 2. The van der Waals surface area contributed by atoms with Crippen LogP contribution in [0, 0.1) is 11.8 Å². The van der Waals surface area contributed by atoms with E-state index in [1.54, 1.807) is 12.1 Å². The summed E-state index contributed by atoms with van der Waals surface area (Å²) in [6, 6.07) is 21.4. The average Bonchev–Trinajstić information content (AvgIpc) is 3.22. The van der Waals surface area contributed by atoms with Crippen molar-refractivity contribution >= 4 is 53.9 Å². The van der Waals surface area contributed by atoms with Crippen molar-refractivity contribution in [1.82, 2.24) is 5.32 Å². The van der Waals surface area contributed by atoms with Gasteiger partial charge in [-0.1, -0.05) is 130 Å². The Labute approximate surface area is 395 Å². The van der Waals surface area contributed by atoms with E-state index >= 15 is 0 Å². The summed E-state index contributed by atoms with van der Waals surface area (Å²) in [7, 11) is 4.03. The molecule has 0 saturated carbocycles. The molecule has 3 aromatic rings. The first-order chi connectivity index (χ1) is 29.8. The van der Waals surface area contributed by atoms with Crippen molar-refractivity contribution in [1.29, 1.82) is 0 Å². The molecule has 0 aromatic heterocycles. The summed E-state index contributed by atoms with van der Waals surface area (Å²) in [5.41, 5.74) is 12.7. The van der Waals surface area contributed by atoms with Crippen LogP contribution in [0.2, 0.25) is 5.02 Å². The molecule has 0 saturated heterocycles. The number of aliphatic hydroxyl groups excluding tert-OH is 1. The predicted molar refractivity (Wildman–Crippen MR) is 282 cm³/mol. The minimum Gasteiger partial charge on any atom is -0.508 e. The van der Waals surface area contributed by atoms with Crippen molar-refractivity contribution in [2.24, 2.45) is 17.6 Å². The van der Waals surface area contributed by atoms with Crippen LogP contribution in [0.5, 0.6) is 5.75 Å². The maximum Gasteiger partial charge on any atom is 0.251 e. The van der Waals surface area contributed by atoms with Crippen LogP contribution in [-0.2, 0) is 16.0 Å². The van der Waals surface area contributed by atoms with Crippen molar-refractivity contribution in [3.8, 4) is 5.75 Å². The molecular formula is C53H87ClN4O4S. The lowest BCUT2D eigenvalue weighted by atomic mass is 9.99. The zero-order chi connectivity index (χ0) is 48.8. The Balaban J connectivity index is -0.000000803. The molecule has 0 spiro atoms. The monoisotopic (exact) mass is 911 g/mol. The number of carbonyl (C=O) groups is 2. The van der Waals surface area contributed by atoms with Gasteiger partial charge in [0.05, 0.1) is 0 Å². The second kappa shape index (κ2) is 39.6. The third-order valence-corrected chi connectivity index (χ3v) is 8.65. The molecule has 6 N–H and O–H groups in total. The zero-order valence-corrected chi connectivity index (χ0v) is 43.1. The van der Waals surface area contributed by atoms with Gasteiger partial charge in [0.1, 0.15) is 12.0 Å². The molecule has 1 amide bonds. The molecule has 0 fully saturated rings. The number of nitrogens with one attached hydrogen (secondary N) is 2. The highest BCUT2D eigenvalue weighted by molar-refractivity contribution is 7.81. The van der Waals surface area contributed by atoms with E-state index < -0.39 is 0 Å². The maximum atomic E-state index is 12.3. The number of amides is 1. The molecule has 8 nitrogen and oxygen atoms in total. The van der Waals surface area contributed by atoms with E-state index in [0.717, 1.165) is 61.2 Å². The smallest absolute Gasteiger partial charge is 0.251 e. The number of anilines is 2. The van der Waals surface area contributed by atoms with Gasteiger partial charge in [-0.05, 0) is 129 Å². The summed E-state index contributed by atoms with van der Waals surface area (Å²) >= 11 is 9.76. The summed E-state index contributed by atoms with van der Waals surface area (Å²) in [5.74, 6) is 1.52. The van der Waals surface area contributed by atoms with Gasteiger partial charge in [-0.3, -0.25) is 4.79 Å². The molecule has 0 radical (unpaired) electrons. The highest BCUT2D eigenvalue weighted by atomic mass is 35.5. The van der Waals surface area contributed by atoms with Gasteiger partial charge in [-0.2, -0.15) is 12.6 Å². The van der Waals surface area contributed by atoms with Crippen molar-refractivity contribution in [2.75, 3.05) is 44.0 Å². The van der Waals surface area contributed by atoms with E-state index in [0.29, 0.717) is 36.3 Å². The number of thiol groups is 1. The molecule has 1 heterocycles. The normalized spacial score (nSPS) is 12.2. The number of aromatic hydroxyl groups is 1. The lowest BCUT2D eigenvalue weighted by Gasteiger charge is -2.27. The van der Waals surface area contributed by atoms with Crippen LogP contribution in [-0.4, -0.2) is 60.9 Å². The fourth-order valence-electron chi connectivity index (χ4n) is 5.21. The Morgan fingerprint density at radius 2 is 1.51 bits per heavy atom. The molecule has 1 aliphatic heterocycles. The SMILES string of the molecule is CC.CC(C)(C)S.CC(C)CCO.CC=O.CCCC(N)c1ccc(O)cc1.CNc1ccc(Cl)cc1.C\C=C/C(=C\C=C\c1ccc2c(c1)CCCN2C)C(=O)NCCC(C)C. The molecule has 1 aliphatic rings. The largest absolute Gasteiger partial charge is 0.508 e. The van der Waals surface area contributed by atoms with E-state index in [-0.39, 0.29) is 16.7 Å². The van der Waals surface area contributed by atoms with Crippen LogP contribution < -0.4 is 21.3 Å². The Kier molecular flexibility index (Phi) is 39.7. The third-order valence-electron chi connectivity index (χ3n) is 8.39. The van der Waals surface area contributed by atoms with E-state index in [1.807, 2.05) is 88.5 Å². The second-order valence-electron chi connectivity index (χ2n) is 16.4. The fraction of sp³-hybridized carbons (Fsp3) is 0.509.